The van der Waals surface area contributed by atoms with Gasteiger partial charge in [0.05, 0.1) is 0 Å². The zero-order valence-corrected chi connectivity index (χ0v) is 11.8. The standard InChI is InChI=1S/C16H16ClNO2/c17-15-7-2-1-5-13(15)11-20-16(19)9-8-12-4-3-6-14(18)10-12/h1-7,10H,8-9,11,18H2. The molecule has 2 rings (SSSR count). The fourth-order valence-corrected chi connectivity index (χ4v) is 2.03. The van der Waals surface area contributed by atoms with Gasteiger partial charge in [0, 0.05) is 22.7 Å². The van der Waals surface area contributed by atoms with Crippen molar-refractivity contribution in [2.24, 2.45) is 0 Å². The molecule has 2 aromatic carbocycles. The number of nitrogens with two attached hydrogens (primary N) is 1. The summed E-state index contributed by atoms with van der Waals surface area (Å²) in [7, 11) is 0. The molecule has 0 fully saturated rings. The van der Waals surface area contributed by atoms with Crippen LogP contribution in [0.15, 0.2) is 48.5 Å². The van der Waals surface area contributed by atoms with Crippen LogP contribution in [0.1, 0.15) is 17.5 Å². The number of ether oxygens (including phenoxy) is 1. The molecule has 0 aliphatic rings. The van der Waals surface area contributed by atoms with Crippen LogP contribution in [0, 0.1) is 0 Å². The van der Waals surface area contributed by atoms with Crippen LogP contribution >= 0.6 is 11.6 Å². The fourth-order valence-electron chi connectivity index (χ4n) is 1.84. The van der Waals surface area contributed by atoms with Gasteiger partial charge in [-0.25, -0.2) is 0 Å². The number of rotatable bonds is 5. The van der Waals surface area contributed by atoms with Crippen LogP contribution in [0.5, 0.6) is 0 Å². The molecule has 0 aliphatic carbocycles. The number of aryl methyl sites for hydroxylation is 1. The molecule has 0 saturated carbocycles. The molecule has 0 aromatic heterocycles. The first-order chi connectivity index (χ1) is 9.65. The van der Waals surface area contributed by atoms with Gasteiger partial charge in [0.25, 0.3) is 0 Å². The molecule has 0 amide bonds. The lowest BCUT2D eigenvalue weighted by molar-refractivity contribution is -0.144. The van der Waals surface area contributed by atoms with E-state index in [-0.39, 0.29) is 12.6 Å². The Hall–Kier alpha value is -2.00. The van der Waals surface area contributed by atoms with E-state index >= 15 is 0 Å². The summed E-state index contributed by atoms with van der Waals surface area (Å²) in [5.74, 6) is -0.243. The van der Waals surface area contributed by atoms with Gasteiger partial charge >= 0.3 is 5.97 Å². The zero-order valence-electron chi connectivity index (χ0n) is 11.0. The van der Waals surface area contributed by atoms with Crippen molar-refractivity contribution in [3.05, 3.63) is 64.7 Å². The van der Waals surface area contributed by atoms with Crippen molar-refractivity contribution >= 4 is 23.3 Å². The Labute approximate surface area is 123 Å². The summed E-state index contributed by atoms with van der Waals surface area (Å²) in [6, 6.07) is 14.8. The summed E-state index contributed by atoms with van der Waals surface area (Å²) >= 11 is 5.99. The maximum Gasteiger partial charge on any atom is 0.306 e. The lowest BCUT2D eigenvalue weighted by Crippen LogP contribution is -2.06. The van der Waals surface area contributed by atoms with Crippen molar-refractivity contribution in [3.63, 3.8) is 0 Å². The number of carbonyl (C=O) groups is 1. The van der Waals surface area contributed by atoms with E-state index in [0.717, 1.165) is 11.1 Å². The van der Waals surface area contributed by atoms with Gasteiger partial charge in [-0.1, -0.05) is 41.9 Å². The Balaban J connectivity index is 1.80. The minimum absolute atomic E-state index is 0.204. The summed E-state index contributed by atoms with van der Waals surface area (Å²) in [6.45, 7) is 0.204. The average molecular weight is 290 g/mol. The van der Waals surface area contributed by atoms with Crippen molar-refractivity contribution in [2.45, 2.75) is 19.4 Å². The third-order valence-corrected chi connectivity index (χ3v) is 3.28. The molecule has 0 spiro atoms. The maximum atomic E-state index is 11.7. The lowest BCUT2D eigenvalue weighted by atomic mass is 10.1. The third kappa shape index (κ3) is 4.28. The van der Waals surface area contributed by atoms with E-state index in [0.29, 0.717) is 23.6 Å². The van der Waals surface area contributed by atoms with Gasteiger partial charge in [-0.05, 0) is 30.2 Å². The predicted molar refractivity (Wildman–Crippen MR) is 80.4 cm³/mol. The predicted octanol–water partition coefficient (Wildman–Crippen LogP) is 3.60. The first-order valence-corrected chi connectivity index (χ1v) is 6.76. The van der Waals surface area contributed by atoms with E-state index in [2.05, 4.69) is 0 Å². The molecule has 0 saturated heterocycles. The summed E-state index contributed by atoms with van der Waals surface area (Å²) in [5.41, 5.74) is 8.23. The van der Waals surface area contributed by atoms with Crippen molar-refractivity contribution < 1.29 is 9.53 Å². The normalized spacial score (nSPS) is 10.2. The summed E-state index contributed by atoms with van der Waals surface area (Å²) < 4.78 is 5.21. The number of benzene rings is 2. The van der Waals surface area contributed by atoms with Gasteiger partial charge in [0.2, 0.25) is 0 Å². The molecule has 0 atom stereocenters. The molecular weight excluding hydrogens is 274 g/mol. The first-order valence-electron chi connectivity index (χ1n) is 6.38. The van der Waals surface area contributed by atoms with Crippen LogP contribution in [0.3, 0.4) is 0 Å². The Bertz CT molecular complexity index is 599. The van der Waals surface area contributed by atoms with Gasteiger partial charge < -0.3 is 10.5 Å². The quantitative estimate of drug-likeness (QED) is 0.676. The third-order valence-electron chi connectivity index (χ3n) is 2.92. The summed E-state index contributed by atoms with van der Waals surface area (Å²) in [6.07, 6.45) is 0.945. The highest BCUT2D eigenvalue weighted by atomic mass is 35.5. The van der Waals surface area contributed by atoms with Gasteiger partial charge in [-0.3, -0.25) is 4.79 Å². The zero-order chi connectivity index (χ0) is 14.4. The van der Waals surface area contributed by atoms with Gasteiger partial charge in [-0.2, -0.15) is 0 Å². The molecule has 0 radical (unpaired) electrons. The minimum atomic E-state index is -0.243. The molecule has 20 heavy (non-hydrogen) atoms. The highest BCUT2D eigenvalue weighted by molar-refractivity contribution is 6.31. The number of esters is 1. The summed E-state index contributed by atoms with van der Waals surface area (Å²) in [4.78, 5) is 11.7. The lowest BCUT2D eigenvalue weighted by Gasteiger charge is -2.07. The average Bonchev–Trinajstić information content (AvgIpc) is 2.44. The van der Waals surface area contributed by atoms with Crippen molar-refractivity contribution in [1.82, 2.24) is 0 Å². The van der Waals surface area contributed by atoms with Gasteiger partial charge in [0.15, 0.2) is 0 Å². The highest BCUT2D eigenvalue weighted by Crippen LogP contribution is 2.16. The largest absolute Gasteiger partial charge is 0.461 e. The molecular formula is C16H16ClNO2. The monoisotopic (exact) mass is 289 g/mol. The summed E-state index contributed by atoms with van der Waals surface area (Å²) in [5, 5.41) is 0.608. The number of hydrogen-bond acceptors (Lipinski definition) is 3. The molecule has 104 valence electrons. The molecule has 0 aliphatic heterocycles. The maximum absolute atomic E-state index is 11.7. The number of carbonyl (C=O) groups excluding carboxylic acids is 1. The number of halogens is 1. The van der Waals surface area contributed by atoms with Crippen LogP contribution in [0.25, 0.3) is 0 Å². The number of nitrogen functional groups attached to an aromatic ring is 1. The Morgan fingerprint density at radius 3 is 2.70 bits per heavy atom. The van der Waals surface area contributed by atoms with Crippen LogP contribution in [-0.2, 0) is 22.6 Å². The molecule has 2 aromatic rings. The number of hydrogen-bond donors (Lipinski definition) is 1. The van der Waals surface area contributed by atoms with Crippen LogP contribution in [-0.4, -0.2) is 5.97 Å². The topological polar surface area (TPSA) is 52.3 Å². The molecule has 0 bridgehead atoms. The first kappa shape index (κ1) is 14.4. The van der Waals surface area contributed by atoms with E-state index in [1.165, 1.54) is 0 Å². The van der Waals surface area contributed by atoms with Crippen molar-refractivity contribution in [2.75, 3.05) is 5.73 Å². The van der Waals surface area contributed by atoms with E-state index in [4.69, 9.17) is 22.1 Å². The van der Waals surface area contributed by atoms with Gasteiger partial charge in [0.1, 0.15) is 6.61 Å². The van der Waals surface area contributed by atoms with E-state index < -0.39 is 0 Å². The Morgan fingerprint density at radius 2 is 1.95 bits per heavy atom. The smallest absolute Gasteiger partial charge is 0.306 e. The SMILES string of the molecule is Nc1cccc(CCC(=O)OCc2ccccc2Cl)c1. The molecule has 3 nitrogen and oxygen atoms in total. The Morgan fingerprint density at radius 1 is 1.15 bits per heavy atom. The van der Waals surface area contributed by atoms with E-state index in [9.17, 15) is 4.79 Å². The molecule has 2 N–H and O–H groups in total. The highest BCUT2D eigenvalue weighted by Gasteiger charge is 2.06. The fraction of sp³-hybridized carbons (Fsp3) is 0.188. The molecule has 0 heterocycles. The second-order valence-corrected chi connectivity index (χ2v) is 4.90. The van der Waals surface area contributed by atoms with Gasteiger partial charge in [-0.15, -0.1) is 0 Å². The number of anilines is 1. The van der Waals surface area contributed by atoms with E-state index in [1.807, 2.05) is 42.5 Å². The van der Waals surface area contributed by atoms with Crippen LogP contribution in [0.2, 0.25) is 5.02 Å². The van der Waals surface area contributed by atoms with Crippen molar-refractivity contribution in [3.8, 4) is 0 Å². The van der Waals surface area contributed by atoms with Crippen LogP contribution in [0.4, 0.5) is 5.69 Å². The van der Waals surface area contributed by atoms with Crippen LogP contribution < -0.4 is 5.73 Å². The Kier molecular flexibility index (Phi) is 5.02. The molecule has 0 unspecified atom stereocenters. The molecule has 4 heteroatoms. The second kappa shape index (κ2) is 6.96. The van der Waals surface area contributed by atoms with E-state index in [1.54, 1.807) is 6.07 Å². The van der Waals surface area contributed by atoms with Crippen molar-refractivity contribution in [1.29, 1.82) is 0 Å². The minimum Gasteiger partial charge on any atom is -0.461 e. The second-order valence-electron chi connectivity index (χ2n) is 4.50.